The predicted octanol–water partition coefficient (Wildman–Crippen LogP) is 0.397. The smallest absolute Gasteiger partial charge is 0.306 e. The summed E-state index contributed by atoms with van der Waals surface area (Å²) in [5.74, 6) is -1.14. The molecule has 0 aromatic rings. The number of hydrogen-bond acceptors (Lipinski definition) is 5. The van der Waals surface area contributed by atoms with Crippen LogP contribution in [0.1, 0.15) is 33.6 Å². The number of hydrogen-bond donors (Lipinski definition) is 1. The molecule has 98 valence electrons. The summed E-state index contributed by atoms with van der Waals surface area (Å²) in [6.45, 7) is 5.15. The van der Waals surface area contributed by atoms with Gasteiger partial charge in [0.25, 0.3) is 5.91 Å². The van der Waals surface area contributed by atoms with Gasteiger partial charge < -0.3 is 14.8 Å². The standard InChI is InChI=1S/C11H19NO5/c1-4-9(13)16-7-6-12-11(15)8(3)17-10(14)5-2/h8H,4-7H2,1-3H3,(H,12,15). The van der Waals surface area contributed by atoms with Crippen molar-refractivity contribution >= 4 is 17.8 Å². The second-order valence-corrected chi connectivity index (χ2v) is 3.35. The highest BCUT2D eigenvalue weighted by molar-refractivity contribution is 5.83. The summed E-state index contributed by atoms with van der Waals surface area (Å²) < 4.78 is 9.56. The topological polar surface area (TPSA) is 81.7 Å². The number of rotatable bonds is 7. The Morgan fingerprint density at radius 2 is 1.71 bits per heavy atom. The van der Waals surface area contributed by atoms with E-state index in [2.05, 4.69) is 5.32 Å². The molecule has 0 bridgehead atoms. The number of ether oxygens (including phenoxy) is 2. The van der Waals surface area contributed by atoms with E-state index in [1.165, 1.54) is 6.92 Å². The third-order valence-electron chi connectivity index (χ3n) is 1.92. The third-order valence-corrected chi connectivity index (χ3v) is 1.92. The highest BCUT2D eigenvalue weighted by atomic mass is 16.5. The van der Waals surface area contributed by atoms with Crippen LogP contribution in [-0.2, 0) is 23.9 Å². The van der Waals surface area contributed by atoms with Gasteiger partial charge in [0, 0.05) is 12.8 Å². The Morgan fingerprint density at radius 3 is 2.24 bits per heavy atom. The first-order valence-corrected chi connectivity index (χ1v) is 5.64. The SMILES string of the molecule is CCC(=O)OCCNC(=O)C(C)OC(=O)CC. The van der Waals surface area contributed by atoms with Crippen LogP contribution in [-0.4, -0.2) is 37.1 Å². The first-order chi connectivity index (χ1) is 8.01. The van der Waals surface area contributed by atoms with Crippen molar-refractivity contribution in [3.8, 4) is 0 Å². The lowest BCUT2D eigenvalue weighted by molar-refractivity contribution is -0.154. The Hall–Kier alpha value is -1.59. The van der Waals surface area contributed by atoms with Crippen LogP contribution in [0.5, 0.6) is 0 Å². The van der Waals surface area contributed by atoms with Gasteiger partial charge in [-0.1, -0.05) is 13.8 Å². The second kappa shape index (κ2) is 8.55. The summed E-state index contributed by atoms with van der Waals surface area (Å²) in [7, 11) is 0. The quantitative estimate of drug-likeness (QED) is 0.518. The minimum atomic E-state index is -0.829. The van der Waals surface area contributed by atoms with Crippen molar-refractivity contribution in [3.05, 3.63) is 0 Å². The van der Waals surface area contributed by atoms with Crippen molar-refractivity contribution in [2.24, 2.45) is 0 Å². The molecule has 6 nitrogen and oxygen atoms in total. The van der Waals surface area contributed by atoms with E-state index in [0.29, 0.717) is 6.42 Å². The Balaban J connectivity index is 3.71. The van der Waals surface area contributed by atoms with Gasteiger partial charge >= 0.3 is 11.9 Å². The molecule has 0 aliphatic carbocycles. The fraction of sp³-hybridized carbons (Fsp3) is 0.727. The van der Waals surface area contributed by atoms with Gasteiger partial charge in [0.15, 0.2) is 6.10 Å². The molecule has 1 unspecified atom stereocenters. The molecule has 17 heavy (non-hydrogen) atoms. The molecule has 0 saturated heterocycles. The van der Waals surface area contributed by atoms with Crippen LogP contribution in [0.25, 0.3) is 0 Å². The molecule has 0 aliphatic rings. The monoisotopic (exact) mass is 245 g/mol. The van der Waals surface area contributed by atoms with Crippen LogP contribution in [0.4, 0.5) is 0 Å². The molecular formula is C11H19NO5. The fourth-order valence-corrected chi connectivity index (χ4v) is 0.919. The van der Waals surface area contributed by atoms with Gasteiger partial charge in [-0.25, -0.2) is 0 Å². The van der Waals surface area contributed by atoms with Gasteiger partial charge in [-0.15, -0.1) is 0 Å². The molecule has 1 atom stereocenters. The average molecular weight is 245 g/mol. The molecule has 0 heterocycles. The molecule has 0 aliphatic heterocycles. The Labute approximate surface area is 101 Å². The molecule has 0 fully saturated rings. The molecule has 0 saturated carbocycles. The Morgan fingerprint density at radius 1 is 1.12 bits per heavy atom. The summed E-state index contributed by atoms with van der Waals surface area (Å²) >= 11 is 0. The normalized spacial score (nSPS) is 11.5. The van der Waals surface area contributed by atoms with Crippen LogP contribution in [0.2, 0.25) is 0 Å². The van der Waals surface area contributed by atoms with E-state index in [1.54, 1.807) is 13.8 Å². The largest absolute Gasteiger partial charge is 0.464 e. The van der Waals surface area contributed by atoms with E-state index in [9.17, 15) is 14.4 Å². The first kappa shape index (κ1) is 15.4. The summed E-state index contributed by atoms with van der Waals surface area (Å²) in [6.07, 6.45) is -0.297. The third kappa shape index (κ3) is 7.32. The van der Waals surface area contributed by atoms with Crippen molar-refractivity contribution in [2.75, 3.05) is 13.2 Å². The first-order valence-electron chi connectivity index (χ1n) is 5.64. The van der Waals surface area contributed by atoms with Crippen molar-refractivity contribution in [2.45, 2.75) is 39.7 Å². The molecule has 0 aromatic heterocycles. The summed E-state index contributed by atoms with van der Waals surface area (Å²) in [5, 5.41) is 2.50. The van der Waals surface area contributed by atoms with E-state index < -0.39 is 18.0 Å². The molecule has 6 heteroatoms. The molecule has 1 amide bonds. The number of carbonyl (C=O) groups excluding carboxylic acids is 3. The van der Waals surface area contributed by atoms with Gasteiger partial charge in [0.1, 0.15) is 6.61 Å². The lowest BCUT2D eigenvalue weighted by Gasteiger charge is -2.12. The maximum Gasteiger partial charge on any atom is 0.306 e. The predicted molar refractivity (Wildman–Crippen MR) is 60.1 cm³/mol. The van der Waals surface area contributed by atoms with Crippen LogP contribution in [0.3, 0.4) is 0 Å². The summed E-state index contributed by atoms with van der Waals surface area (Å²) in [4.78, 5) is 33.1. The lowest BCUT2D eigenvalue weighted by Crippen LogP contribution is -2.37. The number of amides is 1. The van der Waals surface area contributed by atoms with Crippen molar-refractivity contribution < 1.29 is 23.9 Å². The highest BCUT2D eigenvalue weighted by Gasteiger charge is 2.16. The van der Waals surface area contributed by atoms with Gasteiger partial charge in [-0.2, -0.15) is 0 Å². The molecule has 0 rings (SSSR count). The van der Waals surface area contributed by atoms with E-state index in [4.69, 9.17) is 9.47 Å². The molecule has 0 aromatic carbocycles. The van der Waals surface area contributed by atoms with Gasteiger partial charge in [-0.05, 0) is 6.92 Å². The number of esters is 2. The van der Waals surface area contributed by atoms with E-state index in [0.717, 1.165) is 0 Å². The van der Waals surface area contributed by atoms with Crippen LogP contribution < -0.4 is 5.32 Å². The molecular weight excluding hydrogens is 226 g/mol. The summed E-state index contributed by atoms with van der Waals surface area (Å²) in [5.41, 5.74) is 0. The van der Waals surface area contributed by atoms with Crippen LogP contribution >= 0.6 is 0 Å². The Kier molecular flexibility index (Phi) is 7.75. The lowest BCUT2D eigenvalue weighted by atomic mass is 10.3. The zero-order valence-corrected chi connectivity index (χ0v) is 10.4. The molecule has 0 spiro atoms. The van der Waals surface area contributed by atoms with Gasteiger partial charge in [-0.3, -0.25) is 14.4 Å². The van der Waals surface area contributed by atoms with E-state index in [1.807, 2.05) is 0 Å². The molecule has 0 radical (unpaired) electrons. The van der Waals surface area contributed by atoms with Crippen LogP contribution in [0, 0.1) is 0 Å². The maximum atomic E-state index is 11.4. The zero-order chi connectivity index (χ0) is 13.3. The minimum absolute atomic E-state index is 0.118. The van der Waals surface area contributed by atoms with Gasteiger partial charge in [0.05, 0.1) is 6.54 Å². The van der Waals surface area contributed by atoms with Crippen molar-refractivity contribution in [1.82, 2.24) is 5.32 Å². The minimum Gasteiger partial charge on any atom is -0.464 e. The van der Waals surface area contributed by atoms with E-state index in [-0.39, 0.29) is 25.5 Å². The average Bonchev–Trinajstić information content (AvgIpc) is 2.33. The zero-order valence-electron chi connectivity index (χ0n) is 10.4. The maximum absolute atomic E-state index is 11.4. The van der Waals surface area contributed by atoms with Gasteiger partial charge in [0.2, 0.25) is 0 Å². The van der Waals surface area contributed by atoms with Crippen molar-refractivity contribution in [1.29, 1.82) is 0 Å². The highest BCUT2D eigenvalue weighted by Crippen LogP contribution is 1.94. The number of carbonyl (C=O) groups is 3. The summed E-state index contributed by atoms with van der Waals surface area (Å²) in [6, 6.07) is 0. The van der Waals surface area contributed by atoms with Crippen LogP contribution in [0.15, 0.2) is 0 Å². The van der Waals surface area contributed by atoms with Crippen molar-refractivity contribution in [3.63, 3.8) is 0 Å². The van der Waals surface area contributed by atoms with E-state index >= 15 is 0 Å². The second-order valence-electron chi connectivity index (χ2n) is 3.35. The number of nitrogens with one attached hydrogen (secondary N) is 1. The molecule has 1 N–H and O–H groups in total. The fourth-order valence-electron chi connectivity index (χ4n) is 0.919. The Bertz CT molecular complexity index is 277.